The van der Waals surface area contributed by atoms with Crippen molar-refractivity contribution in [3.63, 3.8) is 0 Å². The quantitative estimate of drug-likeness (QED) is 0.756. The summed E-state index contributed by atoms with van der Waals surface area (Å²) in [6.45, 7) is 0.593. The van der Waals surface area contributed by atoms with Crippen LogP contribution in [0.15, 0.2) is 6.07 Å². The highest BCUT2D eigenvalue weighted by Gasteiger charge is 2.26. The van der Waals surface area contributed by atoms with Crippen LogP contribution >= 0.6 is 12.4 Å². The fourth-order valence-electron chi connectivity index (χ4n) is 1.30. The smallest absolute Gasteiger partial charge is 0.0658 e. The summed E-state index contributed by atoms with van der Waals surface area (Å²) >= 11 is 0. The predicted molar refractivity (Wildman–Crippen MR) is 50.3 cm³/mol. The lowest BCUT2D eigenvalue weighted by Gasteiger charge is -1.93. The number of hydrogen-bond donors (Lipinski definition) is 1. The number of hydrogen-bond acceptors (Lipinski definition) is 2. The Balaban J connectivity index is 0.000000720. The van der Waals surface area contributed by atoms with Gasteiger partial charge >= 0.3 is 0 Å². The Bertz CT molecular complexity index is 265. The van der Waals surface area contributed by atoms with Gasteiger partial charge in [-0.05, 0) is 18.9 Å². The molecule has 1 aliphatic rings. The number of aryl methyl sites for hydroxylation is 1. The Labute approximate surface area is 78.4 Å². The molecule has 0 aromatic carbocycles. The minimum Gasteiger partial charge on any atom is -0.325 e. The molecule has 1 saturated carbocycles. The molecule has 0 atom stereocenters. The van der Waals surface area contributed by atoms with Crippen molar-refractivity contribution in [2.24, 2.45) is 12.8 Å². The molecule has 0 saturated heterocycles. The monoisotopic (exact) mass is 187 g/mol. The van der Waals surface area contributed by atoms with Gasteiger partial charge in [0.05, 0.1) is 11.4 Å². The van der Waals surface area contributed by atoms with Crippen molar-refractivity contribution in [2.75, 3.05) is 0 Å². The molecule has 4 heteroatoms. The van der Waals surface area contributed by atoms with Crippen molar-refractivity contribution in [3.05, 3.63) is 17.5 Å². The lowest BCUT2D eigenvalue weighted by Crippen LogP contribution is -2.03. The molecule has 68 valence electrons. The number of rotatable bonds is 2. The molecule has 0 bridgehead atoms. The topological polar surface area (TPSA) is 43.8 Å². The zero-order valence-corrected chi connectivity index (χ0v) is 7.97. The second-order valence-electron chi connectivity index (χ2n) is 3.16. The molecule has 0 unspecified atom stereocenters. The summed E-state index contributed by atoms with van der Waals surface area (Å²) in [6.07, 6.45) is 2.61. The molecule has 1 aromatic rings. The van der Waals surface area contributed by atoms with Crippen molar-refractivity contribution < 1.29 is 0 Å². The summed E-state index contributed by atoms with van der Waals surface area (Å²) in [4.78, 5) is 0. The summed E-state index contributed by atoms with van der Waals surface area (Å²) in [5.41, 5.74) is 7.88. The molecule has 0 radical (unpaired) electrons. The first-order chi connectivity index (χ1) is 5.31. The van der Waals surface area contributed by atoms with Crippen LogP contribution in [0.1, 0.15) is 30.1 Å². The number of halogens is 1. The second-order valence-corrected chi connectivity index (χ2v) is 3.16. The minimum absolute atomic E-state index is 0. The van der Waals surface area contributed by atoms with Gasteiger partial charge in [-0.1, -0.05) is 0 Å². The van der Waals surface area contributed by atoms with Crippen molar-refractivity contribution >= 4 is 12.4 Å². The fraction of sp³-hybridized carbons (Fsp3) is 0.625. The van der Waals surface area contributed by atoms with Gasteiger partial charge in [0.25, 0.3) is 0 Å². The average Bonchev–Trinajstić information content (AvgIpc) is 2.76. The largest absolute Gasteiger partial charge is 0.325 e. The van der Waals surface area contributed by atoms with Crippen molar-refractivity contribution in [3.8, 4) is 0 Å². The maximum atomic E-state index is 5.52. The molecule has 1 fully saturated rings. The predicted octanol–water partition coefficient (Wildman–Crippen LogP) is 1.18. The normalized spacial score (nSPS) is 15.8. The third-order valence-corrected chi connectivity index (χ3v) is 2.20. The molecule has 3 nitrogen and oxygen atoms in total. The van der Waals surface area contributed by atoms with Gasteiger partial charge in [0.1, 0.15) is 0 Å². The van der Waals surface area contributed by atoms with E-state index in [1.807, 2.05) is 11.7 Å². The Morgan fingerprint density at radius 2 is 2.33 bits per heavy atom. The summed E-state index contributed by atoms with van der Waals surface area (Å²) in [5.74, 6) is 0.737. The molecule has 1 aromatic heterocycles. The van der Waals surface area contributed by atoms with Crippen LogP contribution in [0.2, 0.25) is 0 Å². The summed E-state index contributed by atoms with van der Waals surface area (Å²) < 4.78 is 1.88. The second kappa shape index (κ2) is 3.46. The van der Waals surface area contributed by atoms with Crippen LogP contribution in [0.25, 0.3) is 0 Å². The first-order valence-electron chi connectivity index (χ1n) is 4.04. The van der Waals surface area contributed by atoms with Gasteiger partial charge in [-0.2, -0.15) is 5.10 Å². The first-order valence-corrected chi connectivity index (χ1v) is 4.04. The molecule has 0 spiro atoms. The zero-order chi connectivity index (χ0) is 7.84. The van der Waals surface area contributed by atoms with E-state index >= 15 is 0 Å². The minimum atomic E-state index is 0. The Morgan fingerprint density at radius 1 is 1.67 bits per heavy atom. The van der Waals surface area contributed by atoms with E-state index in [1.165, 1.54) is 18.5 Å². The molecule has 2 N–H and O–H groups in total. The molecule has 1 heterocycles. The Hall–Kier alpha value is -0.540. The number of nitrogens with zero attached hydrogens (tertiary/aromatic N) is 2. The van der Waals surface area contributed by atoms with E-state index in [4.69, 9.17) is 5.73 Å². The van der Waals surface area contributed by atoms with Gasteiger partial charge < -0.3 is 5.73 Å². The summed E-state index contributed by atoms with van der Waals surface area (Å²) in [6, 6.07) is 2.12. The molecule has 1 aliphatic carbocycles. The van der Waals surface area contributed by atoms with Gasteiger partial charge in [0.15, 0.2) is 0 Å². The third-order valence-electron chi connectivity index (χ3n) is 2.20. The van der Waals surface area contributed by atoms with Crippen LogP contribution in [-0.4, -0.2) is 9.78 Å². The summed E-state index contributed by atoms with van der Waals surface area (Å²) in [7, 11) is 1.95. The molecule has 0 aliphatic heterocycles. The third kappa shape index (κ3) is 1.62. The van der Waals surface area contributed by atoms with Gasteiger partial charge in [-0.15, -0.1) is 12.4 Å². The van der Waals surface area contributed by atoms with Gasteiger partial charge in [0.2, 0.25) is 0 Å². The fourth-order valence-corrected chi connectivity index (χ4v) is 1.30. The van der Waals surface area contributed by atoms with Gasteiger partial charge in [-0.3, -0.25) is 4.68 Å². The van der Waals surface area contributed by atoms with Crippen LogP contribution in [0.3, 0.4) is 0 Å². The highest BCUT2D eigenvalue weighted by Crippen LogP contribution is 2.39. The van der Waals surface area contributed by atoms with E-state index < -0.39 is 0 Å². The highest BCUT2D eigenvalue weighted by atomic mass is 35.5. The maximum absolute atomic E-state index is 5.52. The van der Waals surface area contributed by atoms with E-state index in [2.05, 4.69) is 11.2 Å². The van der Waals surface area contributed by atoms with E-state index in [0.29, 0.717) is 6.54 Å². The standard InChI is InChI=1S/C8H13N3.ClH/c1-11-7(5-9)4-8(10-11)6-2-3-6;/h4,6H,2-3,5,9H2,1H3;1H. The van der Waals surface area contributed by atoms with E-state index in [-0.39, 0.29) is 12.4 Å². The lowest BCUT2D eigenvalue weighted by molar-refractivity contribution is 0.698. The zero-order valence-electron chi connectivity index (χ0n) is 7.16. The van der Waals surface area contributed by atoms with Crippen LogP contribution in [0.5, 0.6) is 0 Å². The van der Waals surface area contributed by atoms with E-state index in [9.17, 15) is 0 Å². The SMILES string of the molecule is Cl.Cn1nc(C2CC2)cc1CN. The van der Waals surface area contributed by atoms with Gasteiger partial charge in [0, 0.05) is 19.5 Å². The Morgan fingerprint density at radius 3 is 2.75 bits per heavy atom. The molecular formula is C8H14ClN3. The molecule has 12 heavy (non-hydrogen) atoms. The highest BCUT2D eigenvalue weighted by molar-refractivity contribution is 5.85. The molecule has 0 amide bonds. The average molecular weight is 188 g/mol. The van der Waals surface area contributed by atoms with Gasteiger partial charge in [-0.25, -0.2) is 0 Å². The number of aromatic nitrogens is 2. The van der Waals surface area contributed by atoms with E-state index in [0.717, 1.165) is 11.6 Å². The Kier molecular flexibility index (Phi) is 2.75. The first kappa shape index (κ1) is 9.55. The molecule has 2 rings (SSSR count). The van der Waals surface area contributed by atoms with Crippen LogP contribution in [-0.2, 0) is 13.6 Å². The number of nitrogens with two attached hydrogens (primary N) is 1. The summed E-state index contributed by atoms with van der Waals surface area (Å²) in [5, 5.41) is 4.38. The van der Waals surface area contributed by atoms with Crippen molar-refractivity contribution in [1.29, 1.82) is 0 Å². The van der Waals surface area contributed by atoms with Crippen molar-refractivity contribution in [1.82, 2.24) is 9.78 Å². The maximum Gasteiger partial charge on any atom is 0.0658 e. The lowest BCUT2D eigenvalue weighted by atomic mass is 10.3. The molecular weight excluding hydrogens is 174 g/mol. The van der Waals surface area contributed by atoms with Crippen LogP contribution in [0.4, 0.5) is 0 Å². The van der Waals surface area contributed by atoms with Crippen LogP contribution in [0, 0.1) is 0 Å². The van der Waals surface area contributed by atoms with E-state index in [1.54, 1.807) is 0 Å². The van der Waals surface area contributed by atoms with Crippen molar-refractivity contribution in [2.45, 2.75) is 25.3 Å². The van der Waals surface area contributed by atoms with Crippen LogP contribution < -0.4 is 5.73 Å².